The van der Waals surface area contributed by atoms with Gasteiger partial charge in [-0.25, -0.2) is 10.8 Å². The van der Waals surface area contributed by atoms with Crippen molar-refractivity contribution in [3.63, 3.8) is 0 Å². The molecule has 0 spiro atoms. The number of nitrogens with zero attached hydrogens (tertiary/aromatic N) is 4. The maximum absolute atomic E-state index is 10.8. The molecule has 10 heteroatoms. The normalized spacial score (nSPS) is 10.0. The van der Waals surface area contributed by atoms with Crippen LogP contribution in [0.5, 0.6) is 11.6 Å². The van der Waals surface area contributed by atoms with E-state index in [1.165, 1.54) is 6.20 Å². The Kier molecular flexibility index (Phi) is 3.82. The quantitative estimate of drug-likeness (QED) is 0.492. The average Bonchev–Trinajstić information content (AvgIpc) is 2.38. The van der Waals surface area contributed by atoms with Crippen molar-refractivity contribution in [1.82, 2.24) is 15.0 Å². The molecule has 0 atom stereocenters. The van der Waals surface area contributed by atoms with E-state index in [-0.39, 0.29) is 17.5 Å². The molecule has 0 aliphatic heterocycles. The molecule has 0 aromatic carbocycles. The van der Waals surface area contributed by atoms with Crippen LogP contribution in [0.25, 0.3) is 0 Å². The second-order valence-corrected chi connectivity index (χ2v) is 4.14. The summed E-state index contributed by atoms with van der Waals surface area (Å²) in [4.78, 5) is 21.5. The van der Waals surface area contributed by atoms with Crippen molar-refractivity contribution < 1.29 is 9.66 Å². The summed E-state index contributed by atoms with van der Waals surface area (Å²) >= 11 is 3.21. The summed E-state index contributed by atoms with van der Waals surface area (Å²) in [5.74, 6) is 5.21. The van der Waals surface area contributed by atoms with Crippen molar-refractivity contribution in [2.45, 2.75) is 0 Å². The van der Waals surface area contributed by atoms with Crippen LogP contribution in [0.1, 0.15) is 0 Å². The van der Waals surface area contributed by atoms with Gasteiger partial charge < -0.3 is 4.74 Å². The SMILES string of the molecule is NNc1ncc([N+](=O)[O-])c(Oc2cncc(Br)c2)n1. The van der Waals surface area contributed by atoms with Crippen molar-refractivity contribution in [3.05, 3.63) is 39.2 Å². The van der Waals surface area contributed by atoms with E-state index < -0.39 is 4.92 Å². The standard InChI is InChI=1S/C9H7BrN6O3/c10-5-1-6(3-12-2-5)19-8-7(16(17)18)4-13-9(14-8)15-11/h1-4H,11H2,(H,13,14,15). The zero-order chi connectivity index (χ0) is 13.8. The number of nitrogens with one attached hydrogen (secondary N) is 1. The lowest BCUT2D eigenvalue weighted by atomic mass is 10.4. The number of aromatic nitrogens is 3. The van der Waals surface area contributed by atoms with Gasteiger partial charge in [0.25, 0.3) is 0 Å². The first-order chi connectivity index (χ1) is 9.10. The van der Waals surface area contributed by atoms with E-state index in [0.717, 1.165) is 6.20 Å². The van der Waals surface area contributed by atoms with Gasteiger partial charge in [0, 0.05) is 10.7 Å². The summed E-state index contributed by atoms with van der Waals surface area (Å²) in [7, 11) is 0. The summed E-state index contributed by atoms with van der Waals surface area (Å²) in [5.41, 5.74) is 1.81. The molecule has 19 heavy (non-hydrogen) atoms. The summed E-state index contributed by atoms with van der Waals surface area (Å²) in [6.45, 7) is 0. The molecule has 3 N–H and O–H groups in total. The summed E-state index contributed by atoms with van der Waals surface area (Å²) in [6, 6.07) is 1.59. The molecule has 0 unspecified atom stereocenters. The third-order valence-electron chi connectivity index (χ3n) is 1.96. The second-order valence-electron chi connectivity index (χ2n) is 3.23. The monoisotopic (exact) mass is 326 g/mol. The predicted octanol–water partition coefficient (Wildman–Crippen LogP) is 1.62. The van der Waals surface area contributed by atoms with Gasteiger partial charge in [0.05, 0.1) is 11.1 Å². The highest BCUT2D eigenvalue weighted by Crippen LogP contribution is 2.29. The lowest BCUT2D eigenvalue weighted by Gasteiger charge is -2.06. The van der Waals surface area contributed by atoms with E-state index in [1.807, 2.05) is 0 Å². The molecule has 0 bridgehead atoms. The van der Waals surface area contributed by atoms with Gasteiger partial charge in [-0.15, -0.1) is 0 Å². The minimum absolute atomic E-state index is 0.00329. The van der Waals surface area contributed by atoms with Crippen LogP contribution in [-0.4, -0.2) is 19.9 Å². The van der Waals surface area contributed by atoms with Gasteiger partial charge in [-0.3, -0.25) is 20.5 Å². The van der Waals surface area contributed by atoms with Crippen molar-refractivity contribution >= 4 is 27.6 Å². The van der Waals surface area contributed by atoms with Crippen molar-refractivity contribution in [1.29, 1.82) is 0 Å². The van der Waals surface area contributed by atoms with Crippen LogP contribution in [0.2, 0.25) is 0 Å². The molecule has 0 aliphatic rings. The highest BCUT2D eigenvalue weighted by molar-refractivity contribution is 9.10. The molecule has 0 saturated carbocycles. The van der Waals surface area contributed by atoms with Gasteiger partial charge in [0.15, 0.2) is 0 Å². The number of hydrazine groups is 1. The van der Waals surface area contributed by atoms with Crippen LogP contribution in [-0.2, 0) is 0 Å². The van der Waals surface area contributed by atoms with Crippen LogP contribution in [0.3, 0.4) is 0 Å². The number of anilines is 1. The molecule has 2 rings (SSSR count). The van der Waals surface area contributed by atoms with Crippen molar-refractivity contribution in [2.75, 3.05) is 5.43 Å². The zero-order valence-corrected chi connectivity index (χ0v) is 10.9. The molecule has 2 aromatic rings. The van der Waals surface area contributed by atoms with Crippen LogP contribution in [0.4, 0.5) is 11.6 Å². The fourth-order valence-electron chi connectivity index (χ4n) is 1.19. The average molecular weight is 327 g/mol. The molecule has 98 valence electrons. The van der Waals surface area contributed by atoms with E-state index in [0.29, 0.717) is 10.2 Å². The van der Waals surface area contributed by atoms with Crippen LogP contribution in [0, 0.1) is 10.1 Å². The molecule has 9 nitrogen and oxygen atoms in total. The fraction of sp³-hybridized carbons (Fsp3) is 0. The Morgan fingerprint density at radius 2 is 2.21 bits per heavy atom. The lowest BCUT2D eigenvalue weighted by Crippen LogP contribution is -2.11. The molecular weight excluding hydrogens is 320 g/mol. The first kappa shape index (κ1) is 13.1. The number of hydrogen-bond acceptors (Lipinski definition) is 8. The maximum atomic E-state index is 10.8. The third kappa shape index (κ3) is 3.11. The Balaban J connectivity index is 2.39. The molecule has 2 aromatic heterocycles. The lowest BCUT2D eigenvalue weighted by molar-refractivity contribution is -0.386. The second kappa shape index (κ2) is 5.54. The number of rotatable bonds is 4. The minimum Gasteiger partial charge on any atom is -0.432 e. The summed E-state index contributed by atoms with van der Waals surface area (Å²) in [5, 5.41) is 10.8. The molecule has 0 radical (unpaired) electrons. The van der Waals surface area contributed by atoms with Gasteiger partial charge in [-0.2, -0.15) is 4.98 Å². The van der Waals surface area contributed by atoms with Crippen molar-refractivity contribution in [2.24, 2.45) is 5.84 Å². The Labute approximate surface area is 115 Å². The number of pyridine rings is 1. The molecule has 0 aliphatic carbocycles. The highest BCUT2D eigenvalue weighted by atomic mass is 79.9. The predicted molar refractivity (Wildman–Crippen MR) is 68.5 cm³/mol. The largest absolute Gasteiger partial charge is 0.432 e. The van der Waals surface area contributed by atoms with E-state index >= 15 is 0 Å². The zero-order valence-electron chi connectivity index (χ0n) is 9.28. The van der Waals surface area contributed by atoms with Gasteiger partial charge in [0.1, 0.15) is 11.9 Å². The number of hydrogen-bond donors (Lipinski definition) is 2. The van der Waals surface area contributed by atoms with Crippen molar-refractivity contribution in [3.8, 4) is 11.6 Å². The van der Waals surface area contributed by atoms with Crippen LogP contribution >= 0.6 is 15.9 Å². The van der Waals surface area contributed by atoms with Gasteiger partial charge in [0.2, 0.25) is 5.95 Å². The van der Waals surface area contributed by atoms with E-state index in [9.17, 15) is 10.1 Å². The molecule has 0 saturated heterocycles. The number of halogens is 1. The molecule has 0 amide bonds. The molecular formula is C9H7BrN6O3. The fourth-order valence-corrected chi connectivity index (χ4v) is 1.53. The Bertz CT molecular complexity index is 623. The topological polar surface area (TPSA) is 129 Å². The number of ether oxygens (including phenoxy) is 1. The van der Waals surface area contributed by atoms with Gasteiger partial charge in [-0.1, -0.05) is 0 Å². The summed E-state index contributed by atoms with van der Waals surface area (Å²) < 4.78 is 5.98. The minimum atomic E-state index is -0.652. The smallest absolute Gasteiger partial charge is 0.349 e. The first-order valence-electron chi connectivity index (χ1n) is 4.86. The molecule has 0 fully saturated rings. The Morgan fingerprint density at radius 1 is 1.42 bits per heavy atom. The summed E-state index contributed by atoms with van der Waals surface area (Å²) in [6.07, 6.45) is 3.95. The van der Waals surface area contributed by atoms with Crippen LogP contribution in [0.15, 0.2) is 29.1 Å². The molecule has 2 heterocycles. The Morgan fingerprint density at radius 3 is 2.84 bits per heavy atom. The number of nitrogens with two attached hydrogens (primary N) is 1. The third-order valence-corrected chi connectivity index (χ3v) is 2.39. The number of nitrogen functional groups attached to an aromatic ring is 1. The van der Waals surface area contributed by atoms with Gasteiger partial charge in [-0.05, 0) is 22.0 Å². The highest BCUT2D eigenvalue weighted by Gasteiger charge is 2.19. The maximum Gasteiger partial charge on any atom is 0.349 e. The van der Waals surface area contributed by atoms with Crippen LogP contribution < -0.4 is 16.0 Å². The van der Waals surface area contributed by atoms with E-state index in [4.69, 9.17) is 10.6 Å². The number of nitro groups is 1. The van der Waals surface area contributed by atoms with Gasteiger partial charge >= 0.3 is 11.6 Å². The van der Waals surface area contributed by atoms with E-state index in [1.54, 1.807) is 12.3 Å². The Hall–Kier alpha value is -2.33. The van der Waals surface area contributed by atoms with E-state index in [2.05, 4.69) is 36.3 Å². The first-order valence-corrected chi connectivity index (χ1v) is 5.66.